The molecule has 1 N–H and O–H groups in total. The van der Waals surface area contributed by atoms with E-state index in [9.17, 15) is 9.59 Å². The van der Waals surface area contributed by atoms with E-state index in [1.807, 2.05) is 30.3 Å². The highest BCUT2D eigenvalue weighted by molar-refractivity contribution is 6.43. The van der Waals surface area contributed by atoms with Crippen molar-refractivity contribution in [2.45, 2.75) is 13.0 Å². The van der Waals surface area contributed by atoms with E-state index in [2.05, 4.69) is 0 Å². The lowest BCUT2D eigenvalue weighted by Crippen LogP contribution is -2.26. The molecule has 0 spiro atoms. The van der Waals surface area contributed by atoms with Crippen molar-refractivity contribution in [3.63, 3.8) is 0 Å². The number of hydrogen-bond donors (Lipinski definition) is 1. The number of likely N-dealkylation sites (N-methyl/N-ethyl adjacent to an activating group) is 1. The summed E-state index contributed by atoms with van der Waals surface area (Å²) in [5.74, 6) is -1.63. The Hall–Kier alpha value is -1.97. The molecule has 0 aliphatic carbocycles. The predicted molar refractivity (Wildman–Crippen MR) is 63.9 cm³/mol. The molecular weight excluding hydrogens is 216 g/mol. The third kappa shape index (κ3) is 1.75. The van der Waals surface area contributed by atoms with Crippen molar-refractivity contribution < 1.29 is 9.59 Å². The molecule has 1 aliphatic rings. The fraction of sp³-hybridized carbons (Fsp3) is 0.308. The van der Waals surface area contributed by atoms with E-state index in [1.165, 1.54) is 4.90 Å². The van der Waals surface area contributed by atoms with E-state index in [0.717, 1.165) is 5.56 Å². The van der Waals surface area contributed by atoms with Crippen LogP contribution in [0.25, 0.3) is 0 Å². The van der Waals surface area contributed by atoms with Crippen molar-refractivity contribution >= 4 is 17.4 Å². The maximum Gasteiger partial charge on any atom is 0.291 e. The average Bonchev–Trinajstić information content (AvgIpc) is 2.55. The Morgan fingerprint density at radius 1 is 1.24 bits per heavy atom. The number of likely N-dealkylation sites (tertiary alicyclic amines) is 1. The summed E-state index contributed by atoms with van der Waals surface area (Å²) in [5, 5.41) is 7.68. The van der Waals surface area contributed by atoms with Crippen molar-refractivity contribution in [3.05, 3.63) is 35.9 Å². The van der Waals surface area contributed by atoms with Crippen LogP contribution in [0.5, 0.6) is 0 Å². The van der Waals surface area contributed by atoms with Gasteiger partial charge in [0.2, 0.25) is 5.78 Å². The molecule has 88 valence electrons. The second kappa shape index (κ2) is 4.13. The Balaban J connectivity index is 2.47. The van der Waals surface area contributed by atoms with Crippen LogP contribution in [0.4, 0.5) is 0 Å². The van der Waals surface area contributed by atoms with Crippen molar-refractivity contribution in [2.75, 3.05) is 7.05 Å². The molecule has 1 aromatic carbocycles. The summed E-state index contributed by atoms with van der Waals surface area (Å²) in [6, 6.07) is 9.04. The third-order valence-corrected chi connectivity index (χ3v) is 3.15. The summed E-state index contributed by atoms with van der Waals surface area (Å²) in [4.78, 5) is 24.9. The van der Waals surface area contributed by atoms with Crippen LogP contribution in [0.15, 0.2) is 30.3 Å². The fourth-order valence-corrected chi connectivity index (χ4v) is 2.30. The van der Waals surface area contributed by atoms with Crippen LogP contribution in [-0.2, 0) is 9.59 Å². The lowest BCUT2D eigenvalue weighted by molar-refractivity contribution is -0.140. The monoisotopic (exact) mass is 230 g/mol. The molecule has 1 fully saturated rings. The molecular formula is C13H14N2O2. The van der Waals surface area contributed by atoms with E-state index in [1.54, 1.807) is 14.0 Å². The van der Waals surface area contributed by atoms with E-state index < -0.39 is 17.6 Å². The first-order valence-corrected chi connectivity index (χ1v) is 5.45. The Morgan fingerprint density at radius 3 is 2.35 bits per heavy atom. The van der Waals surface area contributed by atoms with Crippen LogP contribution >= 0.6 is 0 Å². The minimum atomic E-state index is -0.644. The van der Waals surface area contributed by atoms with Gasteiger partial charge < -0.3 is 10.3 Å². The Morgan fingerprint density at radius 2 is 1.82 bits per heavy atom. The Kier molecular flexibility index (Phi) is 2.79. The molecule has 1 amide bonds. The SMILES string of the molecule is CC(=N)[C@H]1C(=O)C(=O)N(C)[C@@H]1c1ccccc1. The molecule has 4 heteroatoms. The van der Waals surface area contributed by atoms with Gasteiger partial charge in [-0.25, -0.2) is 0 Å². The molecule has 1 heterocycles. The van der Waals surface area contributed by atoms with Gasteiger partial charge in [-0.3, -0.25) is 9.59 Å². The van der Waals surface area contributed by atoms with E-state index >= 15 is 0 Å². The molecule has 4 nitrogen and oxygen atoms in total. The minimum Gasteiger partial charge on any atom is -0.331 e. The number of rotatable bonds is 2. The molecule has 0 unspecified atom stereocenters. The highest BCUT2D eigenvalue weighted by Crippen LogP contribution is 2.35. The van der Waals surface area contributed by atoms with Gasteiger partial charge in [-0.15, -0.1) is 0 Å². The van der Waals surface area contributed by atoms with Crippen LogP contribution in [0, 0.1) is 11.3 Å². The lowest BCUT2D eigenvalue weighted by Gasteiger charge is -2.23. The molecule has 0 radical (unpaired) electrons. The number of carbonyl (C=O) groups is 2. The van der Waals surface area contributed by atoms with Gasteiger partial charge in [0.25, 0.3) is 5.91 Å². The Bertz CT molecular complexity index is 481. The topological polar surface area (TPSA) is 61.2 Å². The van der Waals surface area contributed by atoms with Crippen molar-refractivity contribution in [2.24, 2.45) is 5.92 Å². The molecule has 1 saturated heterocycles. The van der Waals surface area contributed by atoms with Gasteiger partial charge in [0.05, 0.1) is 12.0 Å². The van der Waals surface area contributed by atoms with Gasteiger partial charge in [0.15, 0.2) is 0 Å². The summed E-state index contributed by atoms with van der Waals surface area (Å²) in [6.07, 6.45) is 0. The van der Waals surface area contributed by atoms with E-state index in [0.29, 0.717) is 0 Å². The standard InChI is InChI=1S/C13H14N2O2/c1-8(14)10-11(9-6-4-3-5-7-9)15(2)13(17)12(10)16/h3-7,10-11,14H,1-2H3/t10-,11-/m1/s1. The highest BCUT2D eigenvalue weighted by atomic mass is 16.2. The van der Waals surface area contributed by atoms with Crippen molar-refractivity contribution in [3.8, 4) is 0 Å². The van der Waals surface area contributed by atoms with Crippen LogP contribution in [0.2, 0.25) is 0 Å². The molecule has 2 atom stereocenters. The summed E-state index contributed by atoms with van der Waals surface area (Å²) in [6.45, 7) is 1.57. The van der Waals surface area contributed by atoms with Gasteiger partial charge in [0.1, 0.15) is 0 Å². The minimum absolute atomic E-state index is 0.238. The normalized spacial score (nSPS) is 24.2. The quantitative estimate of drug-likeness (QED) is 0.617. The number of Topliss-reactive ketones (excluding diaryl/α,β-unsaturated/α-hetero) is 1. The van der Waals surface area contributed by atoms with Crippen LogP contribution in [0.3, 0.4) is 0 Å². The van der Waals surface area contributed by atoms with Gasteiger partial charge in [-0.05, 0) is 12.5 Å². The lowest BCUT2D eigenvalue weighted by atomic mass is 9.89. The number of benzene rings is 1. The number of ketones is 1. The summed E-state index contributed by atoms with van der Waals surface area (Å²) < 4.78 is 0. The van der Waals surface area contributed by atoms with Crippen LogP contribution in [0.1, 0.15) is 18.5 Å². The largest absolute Gasteiger partial charge is 0.331 e. The average molecular weight is 230 g/mol. The first kappa shape index (κ1) is 11.5. The second-order valence-corrected chi connectivity index (χ2v) is 4.30. The molecule has 1 aliphatic heterocycles. The van der Waals surface area contributed by atoms with Gasteiger partial charge >= 0.3 is 0 Å². The first-order chi connectivity index (χ1) is 8.04. The van der Waals surface area contributed by atoms with E-state index in [-0.39, 0.29) is 11.8 Å². The smallest absolute Gasteiger partial charge is 0.291 e. The van der Waals surface area contributed by atoms with Crippen LogP contribution in [-0.4, -0.2) is 29.3 Å². The molecule has 0 aromatic heterocycles. The third-order valence-electron chi connectivity index (χ3n) is 3.15. The van der Waals surface area contributed by atoms with Gasteiger partial charge in [-0.1, -0.05) is 30.3 Å². The van der Waals surface area contributed by atoms with Gasteiger partial charge in [-0.2, -0.15) is 0 Å². The zero-order valence-corrected chi connectivity index (χ0v) is 9.81. The fourth-order valence-electron chi connectivity index (χ4n) is 2.30. The summed E-state index contributed by atoms with van der Waals surface area (Å²) >= 11 is 0. The highest BCUT2D eigenvalue weighted by Gasteiger charge is 2.47. The molecule has 1 aromatic rings. The molecule has 0 bridgehead atoms. The zero-order valence-electron chi connectivity index (χ0n) is 9.81. The van der Waals surface area contributed by atoms with Crippen LogP contribution < -0.4 is 0 Å². The summed E-state index contributed by atoms with van der Waals surface area (Å²) in [7, 11) is 1.61. The number of hydrogen-bond acceptors (Lipinski definition) is 3. The molecule has 17 heavy (non-hydrogen) atoms. The Labute approximate surface area is 99.7 Å². The predicted octanol–water partition coefficient (Wildman–Crippen LogP) is 1.42. The maximum atomic E-state index is 11.8. The number of nitrogens with one attached hydrogen (secondary N) is 1. The summed E-state index contributed by atoms with van der Waals surface area (Å²) in [5.41, 5.74) is 1.13. The molecule has 0 saturated carbocycles. The van der Waals surface area contributed by atoms with Crippen molar-refractivity contribution in [1.82, 2.24) is 4.90 Å². The number of carbonyl (C=O) groups excluding carboxylic acids is 2. The zero-order chi connectivity index (χ0) is 12.6. The number of amides is 1. The first-order valence-electron chi connectivity index (χ1n) is 5.45. The number of nitrogens with zero attached hydrogens (tertiary/aromatic N) is 1. The van der Waals surface area contributed by atoms with E-state index in [4.69, 9.17) is 5.41 Å². The second-order valence-electron chi connectivity index (χ2n) is 4.30. The maximum absolute atomic E-state index is 11.8. The van der Waals surface area contributed by atoms with Crippen molar-refractivity contribution in [1.29, 1.82) is 5.41 Å². The van der Waals surface area contributed by atoms with Gasteiger partial charge in [0, 0.05) is 12.8 Å². The molecule has 2 rings (SSSR count).